The molecule has 1 aliphatic carbocycles. The highest BCUT2D eigenvalue weighted by Crippen LogP contribution is 2.30. The Morgan fingerprint density at radius 1 is 1.24 bits per heavy atom. The molecule has 25 heavy (non-hydrogen) atoms. The molecule has 0 aliphatic heterocycles. The summed E-state index contributed by atoms with van der Waals surface area (Å²) in [6.45, 7) is 0. The molecule has 0 fully saturated rings. The van der Waals surface area contributed by atoms with E-state index < -0.39 is 0 Å². The third-order valence-electron chi connectivity index (χ3n) is 3.83. The Morgan fingerprint density at radius 3 is 2.56 bits per heavy atom. The fourth-order valence-electron chi connectivity index (χ4n) is 2.69. The quantitative estimate of drug-likeness (QED) is 0.327. The maximum Gasteiger partial charge on any atom is 0.143 e. The molecule has 0 atom stereocenters. The monoisotopic (exact) mass is 447 g/mol. The first kappa shape index (κ1) is 20.1. The molecular weight excluding hydrogens is 428 g/mol. The molecule has 2 aromatic heterocycles. The maximum absolute atomic E-state index is 13.1. The van der Waals surface area contributed by atoms with Crippen molar-refractivity contribution in [3.05, 3.63) is 51.2 Å². The molecule has 0 radical (unpaired) electrons. The number of phenolic OH excluding ortho intramolecular Hbond substituents is 1. The average Bonchev–Trinajstić information content (AvgIpc) is 3.03. The lowest BCUT2D eigenvalue weighted by Crippen LogP contribution is -2.05. The summed E-state index contributed by atoms with van der Waals surface area (Å²) in [6.07, 6.45) is 6.89. The zero-order valence-corrected chi connectivity index (χ0v) is 15.8. The second-order valence-electron chi connectivity index (χ2n) is 5.26. The van der Waals surface area contributed by atoms with Crippen LogP contribution in [-0.4, -0.2) is 21.3 Å². The van der Waals surface area contributed by atoms with Gasteiger partial charge in [-0.3, -0.25) is 0 Å². The molecular formula is C17H19BrClFN3OP-2. The van der Waals surface area contributed by atoms with Crippen LogP contribution in [0.2, 0.25) is 5.15 Å². The van der Waals surface area contributed by atoms with E-state index >= 15 is 0 Å². The fraction of sp³-hybridized carbons (Fsp3) is 0.294. The van der Waals surface area contributed by atoms with Crippen LogP contribution in [0.5, 0.6) is 5.75 Å². The third-order valence-corrected chi connectivity index (χ3v) is 4.74. The molecule has 136 valence electrons. The molecule has 0 saturated heterocycles. The highest BCUT2D eigenvalue weighted by Gasteiger charge is 2.16. The van der Waals surface area contributed by atoms with Crippen molar-refractivity contribution in [2.24, 2.45) is 0 Å². The molecule has 0 bridgehead atoms. The number of hydrogen-bond acceptors (Lipinski definition) is 3. The molecule has 0 spiro atoms. The summed E-state index contributed by atoms with van der Waals surface area (Å²) >= 11 is 9.12. The lowest BCUT2D eigenvalue weighted by Gasteiger charge is -2.16. The van der Waals surface area contributed by atoms with Gasteiger partial charge in [0.1, 0.15) is 28.7 Å². The predicted molar refractivity (Wildman–Crippen MR) is 106 cm³/mol. The number of nitrogens with one attached hydrogen (secondary N) is 1. The number of rotatable bonds is 0. The smallest absolute Gasteiger partial charge is 0.143 e. The van der Waals surface area contributed by atoms with Crippen molar-refractivity contribution >= 4 is 48.4 Å². The van der Waals surface area contributed by atoms with E-state index in [0.29, 0.717) is 5.15 Å². The summed E-state index contributed by atoms with van der Waals surface area (Å²) in [5.41, 5.74) is 2.29. The number of hydrogen-bond donors (Lipinski definition) is 2. The Balaban J connectivity index is 0.000000230. The molecule has 0 unspecified atom stereocenters. The van der Waals surface area contributed by atoms with Crippen LogP contribution < -0.4 is 0 Å². The molecule has 2 heterocycles. The van der Waals surface area contributed by atoms with Gasteiger partial charge in [0, 0.05) is 10.7 Å². The van der Waals surface area contributed by atoms with Crippen LogP contribution in [0, 0.1) is 5.82 Å². The van der Waals surface area contributed by atoms with Gasteiger partial charge in [-0.05, 0) is 64.9 Å². The zero-order valence-electron chi connectivity index (χ0n) is 13.6. The molecule has 3 aromatic rings. The number of phenols is 1. The van der Waals surface area contributed by atoms with Gasteiger partial charge in [0.05, 0.1) is 5.39 Å². The van der Waals surface area contributed by atoms with E-state index in [1.165, 1.54) is 18.5 Å². The van der Waals surface area contributed by atoms with E-state index in [1.54, 1.807) is 6.20 Å². The minimum Gasteiger partial charge on any atom is -1.51 e. The van der Waals surface area contributed by atoms with Crippen LogP contribution in [-0.2, 0) is 12.8 Å². The Labute approximate surface area is 164 Å². The highest BCUT2D eigenvalue weighted by molar-refractivity contribution is 9.10. The minimum absolute atomic E-state index is 0. The number of aromatic hydroxyl groups is 1. The fourth-order valence-corrected chi connectivity index (χ4v) is 3.53. The van der Waals surface area contributed by atoms with Crippen LogP contribution in [0.3, 0.4) is 0 Å². The van der Waals surface area contributed by atoms with E-state index in [-0.39, 0.29) is 19.0 Å². The van der Waals surface area contributed by atoms with Crippen LogP contribution in [0.1, 0.15) is 31.4 Å². The van der Waals surface area contributed by atoms with E-state index in [2.05, 4.69) is 40.7 Å². The van der Waals surface area contributed by atoms with Crippen molar-refractivity contribution in [1.29, 1.82) is 1.28 Å². The van der Waals surface area contributed by atoms with Gasteiger partial charge in [0.25, 0.3) is 0 Å². The van der Waals surface area contributed by atoms with Crippen molar-refractivity contribution in [3.63, 3.8) is 0 Å². The van der Waals surface area contributed by atoms with Gasteiger partial charge in [-0.2, -0.15) is 0 Å². The van der Waals surface area contributed by atoms with Gasteiger partial charge in [0.2, 0.25) is 0 Å². The molecule has 0 saturated carbocycles. The summed E-state index contributed by atoms with van der Waals surface area (Å²) in [5.74, 6) is 0.0913. The summed E-state index contributed by atoms with van der Waals surface area (Å²) in [4.78, 5) is 10.8. The van der Waals surface area contributed by atoms with Crippen molar-refractivity contribution < 1.29 is 9.50 Å². The van der Waals surface area contributed by atoms with Gasteiger partial charge in [-0.25, -0.2) is 14.4 Å². The number of H-pyrrole nitrogens is 1. The first-order valence-electron chi connectivity index (χ1n) is 7.65. The lowest BCUT2D eigenvalue weighted by atomic mass is 9.91. The SMILES string of the molecule is C.Clc1ncnc2[nH]cc(Br)c12.Oc1ccc(F)c2c1CCCC2.[3H][P-2]. The van der Waals surface area contributed by atoms with Crippen LogP contribution in [0.15, 0.2) is 29.1 Å². The van der Waals surface area contributed by atoms with Gasteiger partial charge in [-0.1, -0.05) is 19.0 Å². The van der Waals surface area contributed by atoms with Gasteiger partial charge >= 0.3 is 0 Å². The largest absolute Gasteiger partial charge is 1.51 e. The minimum atomic E-state index is -0.164. The predicted octanol–water partition coefficient (Wildman–Crippen LogP) is 6.01. The maximum atomic E-state index is 13.1. The number of halogens is 3. The second kappa shape index (κ2) is 9.46. The van der Waals surface area contributed by atoms with E-state index in [4.69, 9.17) is 12.9 Å². The molecule has 4 nitrogen and oxygen atoms in total. The van der Waals surface area contributed by atoms with Crippen LogP contribution >= 0.6 is 37.4 Å². The average molecular weight is 449 g/mol. The topological polar surface area (TPSA) is 61.8 Å². The Morgan fingerprint density at radius 2 is 1.92 bits per heavy atom. The molecule has 2 N–H and O–H groups in total. The molecule has 0 amide bonds. The number of aromatic nitrogens is 3. The highest BCUT2D eigenvalue weighted by atomic mass is 79.9. The van der Waals surface area contributed by atoms with Crippen molar-refractivity contribution in [2.75, 3.05) is 0 Å². The first-order chi connectivity index (χ1) is 12.1. The number of nitrogens with zero attached hydrogens (tertiary/aromatic N) is 2. The second-order valence-corrected chi connectivity index (χ2v) is 6.47. The van der Waals surface area contributed by atoms with Gasteiger partial charge in [0.15, 0.2) is 0 Å². The van der Waals surface area contributed by atoms with E-state index in [0.717, 1.165) is 52.3 Å². The van der Waals surface area contributed by atoms with E-state index in [9.17, 15) is 9.50 Å². The Kier molecular flexibility index (Phi) is 7.60. The van der Waals surface area contributed by atoms with Crippen LogP contribution in [0.25, 0.3) is 11.0 Å². The van der Waals surface area contributed by atoms with Crippen molar-refractivity contribution in [2.45, 2.75) is 33.1 Å². The summed E-state index contributed by atoms with van der Waals surface area (Å²) in [5, 5.41) is 10.7. The summed E-state index contributed by atoms with van der Waals surface area (Å²) in [6, 6.07) is 2.79. The molecule has 8 heteroatoms. The summed E-state index contributed by atoms with van der Waals surface area (Å²) < 4.78 is 19.5. The van der Waals surface area contributed by atoms with Crippen LogP contribution in [0.4, 0.5) is 4.39 Å². The standard InChI is InChI=1S/C10H11FO.C6H3BrClN3.CH4.HP/c11-9-5-6-10(12)8-4-2-1-3-7(8)9;7-3-1-9-6-4(3)5(8)10-2-11-6;;/h5-6,12H,1-4H2;1-2H,(H,9,10,11);1H4;1H/q;;;-2/i;;;1T. The molecule has 4 rings (SSSR count). The molecule has 1 aliphatic rings. The van der Waals surface area contributed by atoms with Gasteiger partial charge < -0.3 is 21.2 Å². The number of aromatic amines is 1. The Bertz CT molecular complexity index is 834. The molecule has 1 aromatic carbocycles. The Hall–Kier alpha value is -1.23. The van der Waals surface area contributed by atoms with Crippen molar-refractivity contribution in [3.8, 4) is 5.75 Å². The summed E-state index contributed by atoms with van der Waals surface area (Å²) in [7, 11) is 2.78. The normalized spacial score (nSPS) is 12.6. The van der Waals surface area contributed by atoms with Crippen molar-refractivity contribution in [1.82, 2.24) is 15.0 Å². The lowest BCUT2D eigenvalue weighted by molar-refractivity contribution is 0.456. The first-order valence-corrected chi connectivity index (χ1v) is 8.37. The zero-order chi connectivity index (χ0) is 18.4. The number of fused-ring (bicyclic) bond motifs is 2. The van der Waals surface area contributed by atoms with E-state index in [1.807, 2.05) is 0 Å². The van der Waals surface area contributed by atoms with Gasteiger partial charge in [-0.15, -0.1) is 0 Å². The third kappa shape index (κ3) is 4.69. The number of benzene rings is 1.